The van der Waals surface area contributed by atoms with Crippen molar-refractivity contribution >= 4 is 23.2 Å². The molecule has 0 spiro atoms. The number of aryl methyl sites for hydroxylation is 1. The standard InChI is InChI=1S/C23H31N3O3S/c1-5-18(25-22(28)21-16(4)24-23(30-21)15(2)3)17-10-6-7-11-19(17)29-14-20(27)26-12-8-9-13-26/h6-7,10-11,15,18H,5,8-9,12-14H2,1-4H3,(H,25,28). The fourth-order valence-corrected chi connectivity index (χ4v) is 4.57. The molecule has 1 unspecified atom stereocenters. The molecule has 1 N–H and O–H groups in total. The van der Waals surface area contributed by atoms with Gasteiger partial charge in [-0.25, -0.2) is 4.98 Å². The number of benzene rings is 1. The van der Waals surface area contributed by atoms with Crippen molar-refractivity contribution in [1.29, 1.82) is 0 Å². The Morgan fingerprint density at radius 2 is 1.93 bits per heavy atom. The second-order valence-electron chi connectivity index (χ2n) is 7.97. The zero-order chi connectivity index (χ0) is 21.7. The number of amides is 2. The van der Waals surface area contributed by atoms with Crippen molar-refractivity contribution in [3.63, 3.8) is 0 Å². The van der Waals surface area contributed by atoms with Crippen LogP contribution in [0.1, 0.15) is 77.9 Å². The lowest BCUT2D eigenvalue weighted by Gasteiger charge is -2.21. The van der Waals surface area contributed by atoms with E-state index in [4.69, 9.17) is 4.74 Å². The van der Waals surface area contributed by atoms with Crippen molar-refractivity contribution in [3.8, 4) is 5.75 Å². The fraction of sp³-hybridized carbons (Fsp3) is 0.522. The van der Waals surface area contributed by atoms with E-state index in [1.807, 2.05) is 43.0 Å². The van der Waals surface area contributed by atoms with Crippen LogP contribution in [0.4, 0.5) is 0 Å². The molecule has 2 heterocycles. The molecule has 30 heavy (non-hydrogen) atoms. The maximum Gasteiger partial charge on any atom is 0.263 e. The molecule has 0 bridgehead atoms. The summed E-state index contributed by atoms with van der Waals surface area (Å²) >= 11 is 1.45. The molecule has 2 aromatic rings. The van der Waals surface area contributed by atoms with Crippen LogP contribution in [0.15, 0.2) is 24.3 Å². The van der Waals surface area contributed by atoms with Gasteiger partial charge in [-0.2, -0.15) is 0 Å². The van der Waals surface area contributed by atoms with Crippen LogP contribution in [-0.2, 0) is 4.79 Å². The summed E-state index contributed by atoms with van der Waals surface area (Å²) in [7, 11) is 0. The van der Waals surface area contributed by atoms with Crippen molar-refractivity contribution in [2.24, 2.45) is 0 Å². The third-order valence-corrected chi connectivity index (χ3v) is 6.79. The topological polar surface area (TPSA) is 71.5 Å². The van der Waals surface area contributed by atoms with Gasteiger partial charge < -0.3 is 15.0 Å². The predicted molar refractivity (Wildman–Crippen MR) is 119 cm³/mol. The lowest BCUT2D eigenvalue weighted by Crippen LogP contribution is -2.32. The van der Waals surface area contributed by atoms with Gasteiger partial charge in [0.1, 0.15) is 10.6 Å². The zero-order valence-corrected chi connectivity index (χ0v) is 19.1. The smallest absolute Gasteiger partial charge is 0.263 e. The Labute approximate surface area is 182 Å². The van der Waals surface area contributed by atoms with Crippen LogP contribution in [0, 0.1) is 6.92 Å². The van der Waals surface area contributed by atoms with Crippen LogP contribution >= 0.6 is 11.3 Å². The molecule has 3 rings (SSSR count). The molecule has 0 aliphatic carbocycles. The number of likely N-dealkylation sites (tertiary alicyclic amines) is 1. The van der Waals surface area contributed by atoms with E-state index in [0.29, 0.717) is 23.0 Å². The maximum atomic E-state index is 13.0. The highest BCUT2D eigenvalue weighted by Gasteiger charge is 2.23. The third-order valence-electron chi connectivity index (χ3n) is 5.33. The lowest BCUT2D eigenvalue weighted by atomic mass is 10.0. The quantitative estimate of drug-likeness (QED) is 0.673. The van der Waals surface area contributed by atoms with E-state index >= 15 is 0 Å². The van der Waals surface area contributed by atoms with E-state index in [1.165, 1.54) is 11.3 Å². The molecular weight excluding hydrogens is 398 g/mol. The summed E-state index contributed by atoms with van der Waals surface area (Å²) in [5.74, 6) is 0.827. The molecule has 162 valence electrons. The molecule has 1 aromatic carbocycles. The summed E-state index contributed by atoms with van der Waals surface area (Å²) in [6.45, 7) is 9.69. The fourth-order valence-electron chi connectivity index (χ4n) is 3.60. The number of aromatic nitrogens is 1. The largest absolute Gasteiger partial charge is 0.483 e. The third kappa shape index (κ3) is 5.19. The predicted octanol–water partition coefficient (Wildman–Crippen LogP) is 4.46. The van der Waals surface area contributed by atoms with Crippen molar-refractivity contribution < 1.29 is 14.3 Å². The number of carbonyl (C=O) groups is 2. The van der Waals surface area contributed by atoms with Crippen LogP contribution in [0.5, 0.6) is 5.75 Å². The van der Waals surface area contributed by atoms with E-state index in [2.05, 4.69) is 24.1 Å². The van der Waals surface area contributed by atoms with Crippen molar-refractivity contribution in [3.05, 3.63) is 45.4 Å². The highest BCUT2D eigenvalue weighted by Crippen LogP contribution is 2.29. The van der Waals surface area contributed by atoms with E-state index in [-0.39, 0.29) is 24.5 Å². The number of carbonyl (C=O) groups excluding carboxylic acids is 2. The maximum absolute atomic E-state index is 13.0. The minimum absolute atomic E-state index is 0.0147. The molecule has 2 amide bonds. The minimum atomic E-state index is -0.209. The Morgan fingerprint density at radius 1 is 1.23 bits per heavy atom. The Kier molecular flexibility index (Phi) is 7.48. The highest BCUT2D eigenvalue weighted by atomic mass is 32.1. The molecule has 1 aromatic heterocycles. The zero-order valence-electron chi connectivity index (χ0n) is 18.2. The van der Waals surface area contributed by atoms with Gasteiger partial charge in [-0.15, -0.1) is 11.3 Å². The Hall–Kier alpha value is -2.41. The van der Waals surface area contributed by atoms with E-state index in [1.54, 1.807) is 0 Å². The first kappa shape index (κ1) is 22.3. The molecule has 1 saturated heterocycles. The number of thiazole rings is 1. The molecule has 1 aliphatic heterocycles. The molecular formula is C23H31N3O3S. The molecule has 1 aliphatic rings. The van der Waals surface area contributed by atoms with E-state index < -0.39 is 0 Å². The SMILES string of the molecule is CCC(NC(=O)c1sc(C(C)C)nc1C)c1ccccc1OCC(=O)N1CCCC1. The summed E-state index contributed by atoms with van der Waals surface area (Å²) < 4.78 is 5.89. The van der Waals surface area contributed by atoms with Crippen LogP contribution < -0.4 is 10.1 Å². The van der Waals surface area contributed by atoms with E-state index in [0.717, 1.165) is 42.2 Å². The average molecular weight is 430 g/mol. The normalized spacial score (nSPS) is 14.8. The van der Waals surface area contributed by atoms with Crippen LogP contribution in [-0.4, -0.2) is 41.4 Å². The first-order valence-corrected chi connectivity index (χ1v) is 11.5. The summed E-state index contributed by atoms with van der Waals surface area (Å²) in [5, 5.41) is 4.10. The van der Waals surface area contributed by atoms with Gasteiger partial charge in [-0.1, -0.05) is 39.0 Å². The molecule has 0 saturated carbocycles. The van der Waals surface area contributed by atoms with Crippen LogP contribution in [0.3, 0.4) is 0 Å². The summed E-state index contributed by atoms with van der Waals surface area (Å²) in [6, 6.07) is 7.41. The van der Waals surface area contributed by atoms with Gasteiger partial charge >= 0.3 is 0 Å². The molecule has 7 heteroatoms. The highest BCUT2D eigenvalue weighted by molar-refractivity contribution is 7.13. The number of ether oxygens (including phenoxy) is 1. The first-order valence-electron chi connectivity index (χ1n) is 10.7. The molecule has 1 fully saturated rings. The Morgan fingerprint density at radius 3 is 2.57 bits per heavy atom. The van der Waals surface area contributed by atoms with Crippen molar-refractivity contribution in [2.45, 2.75) is 58.9 Å². The van der Waals surface area contributed by atoms with Gasteiger partial charge in [-0.3, -0.25) is 9.59 Å². The number of nitrogens with zero attached hydrogens (tertiary/aromatic N) is 2. The van der Waals surface area contributed by atoms with Gasteiger partial charge in [0.05, 0.1) is 16.7 Å². The monoisotopic (exact) mass is 429 g/mol. The van der Waals surface area contributed by atoms with Gasteiger partial charge in [0.25, 0.3) is 11.8 Å². The molecule has 0 radical (unpaired) electrons. The van der Waals surface area contributed by atoms with E-state index in [9.17, 15) is 9.59 Å². The second-order valence-corrected chi connectivity index (χ2v) is 9.00. The molecule has 6 nitrogen and oxygen atoms in total. The Balaban J connectivity index is 1.71. The summed E-state index contributed by atoms with van der Waals surface area (Å²) in [6.07, 6.45) is 2.82. The van der Waals surface area contributed by atoms with Crippen molar-refractivity contribution in [2.75, 3.05) is 19.7 Å². The van der Waals surface area contributed by atoms with Crippen LogP contribution in [0.25, 0.3) is 0 Å². The molecule has 1 atom stereocenters. The van der Waals surface area contributed by atoms with Gasteiger partial charge in [0, 0.05) is 24.6 Å². The van der Waals surface area contributed by atoms with Gasteiger partial charge in [0.15, 0.2) is 6.61 Å². The minimum Gasteiger partial charge on any atom is -0.483 e. The second kappa shape index (κ2) is 10.1. The summed E-state index contributed by atoms with van der Waals surface area (Å²) in [4.78, 5) is 32.3. The Bertz CT molecular complexity index is 888. The lowest BCUT2D eigenvalue weighted by molar-refractivity contribution is -0.132. The van der Waals surface area contributed by atoms with Gasteiger partial charge in [-0.05, 0) is 32.3 Å². The number of nitrogens with one attached hydrogen (secondary N) is 1. The first-order chi connectivity index (χ1) is 14.4. The van der Waals surface area contributed by atoms with Crippen LogP contribution in [0.2, 0.25) is 0 Å². The number of hydrogen-bond donors (Lipinski definition) is 1. The summed E-state index contributed by atoms with van der Waals surface area (Å²) in [5.41, 5.74) is 1.64. The average Bonchev–Trinajstić information content (AvgIpc) is 3.40. The van der Waals surface area contributed by atoms with Gasteiger partial charge in [0.2, 0.25) is 0 Å². The van der Waals surface area contributed by atoms with Crippen molar-refractivity contribution in [1.82, 2.24) is 15.2 Å². The number of para-hydroxylation sites is 1. The number of hydrogen-bond acceptors (Lipinski definition) is 5. The number of rotatable bonds is 8.